The number of hydrogen-bond acceptors (Lipinski definition) is 6. The van der Waals surface area contributed by atoms with Crippen molar-refractivity contribution in [2.45, 2.75) is 26.4 Å². The van der Waals surface area contributed by atoms with E-state index in [0.717, 1.165) is 22.6 Å². The Balaban J connectivity index is 1.41. The van der Waals surface area contributed by atoms with Crippen LogP contribution in [0.2, 0.25) is 0 Å². The minimum absolute atomic E-state index is 0.356. The quantitative estimate of drug-likeness (QED) is 0.248. The molecule has 0 fully saturated rings. The SMILES string of the molecule is C=Cc1ccc(OC(C)OCCOCCOCCOC(C)Oc2ccc(C=C)cc2)cc1. The lowest BCUT2D eigenvalue weighted by Crippen LogP contribution is -2.20. The van der Waals surface area contributed by atoms with Crippen molar-refractivity contribution >= 4 is 12.2 Å². The minimum atomic E-state index is -0.356. The molecule has 2 rings (SSSR count). The second-order valence-corrected chi connectivity index (χ2v) is 6.88. The Morgan fingerprint density at radius 2 is 0.938 bits per heavy atom. The Hall–Kier alpha value is -2.64. The summed E-state index contributed by atoms with van der Waals surface area (Å²) >= 11 is 0. The fraction of sp³-hybridized carbons (Fsp3) is 0.385. The van der Waals surface area contributed by atoms with Crippen LogP contribution < -0.4 is 9.47 Å². The van der Waals surface area contributed by atoms with E-state index < -0.39 is 0 Å². The summed E-state index contributed by atoms with van der Waals surface area (Å²) in [5.74, 6) is 1.51. The first-order chi connectivity index (χ1) is 15.6. The van der Waals surface area contributed by atoms with Crippen LogP contribution in [0.5, 0.6) is 11.5 Å². The van der Waals surface area contributed by atoms with E-state index >= 15 is 0 Å². The maximum Gasteiger partial charge on any atom is 0.197 e. The molecule has 32 heavy (non-hydrogen) atoms. The molecular formula is C26H34O6. The lowest BCUT2D eigenvalue weighted by atomic mass is 10.2. The summed E-state index contributed by atoms with van der Waals surface area (Å²) in [6.07, 6.45) is 2.87. The molecule has 0 amide bonds. The number of rotatable bonds is 17. The van der Waals surface area contributed by atoms with Gasteiger partial charge in [-0.2, -0.15) is 0 Å². The predicted octanol–water partition coefficient (Wildman–Crippen LogP) is 5.19. The van der Waals surface area contributed by atoms with E-state index in [1.165, 1.54) is 0 Å². The Labute approximate surface area is 191 Å². The van der Waals surface area contributed by atoms with Crippen LogP contribution in [0.3, 0.4) is 0 Å². The van der Waals surface area contributed by atoms with Crippen LogP contribution >= 0.6 is 0 Å². The van der Waals surface area contributed by atoms with Gasteiger partial charge in [-0.25, -0.2) is 0 Å². The van der Waals surface area contributed by atoms with Crippen molar-refractivity contribution in [1.82, 2.24) is 0 Å². The highest BCUT2D eigenvalue weighted by Crippen LogP contribution is 2.15. The Morgan fingerprint density at radius 3 is 1.28 bits per heavy atom. The zero-order chi connectivity index (χ0) is 23.0. The van der Waals surface area contributed by atoms with Gasteiger partial charge >= 0.3 is 0 Å². The minimum Gasteiger partial charge on any atom is -0.465 e. The van der Waals surface area contributed by atoms with Gasteiger partial charge in [-0.05, 0) is 49.2 Å². The average Bonchev–Trinajstić information content (AvgIpc) is 2.81. The molecule has 0 aliphatic carbocycles. The second-order valence-electron chi connectivity index (χ2n) is 6.88. The van der Waals surface area contributed by atoms with E-state index in [0.29, 0.717) is 39.6 Å². The van der Waals surface area contributed by atoms with Crippen molar-refractivity contribution in [3.8, 4) is 11.5 Å². The number of hydrogen-bond donors (Lipinski definition) is 0. The van der Waals surface area contributed by atoms with Crippen molar-refractivity contribution in [2.24, 2.45) is 0 Å². The van der Waals surface area contributed by atoms with Crippen molar-refractivity contribution in [1.29, 1.82) is 0 Å². The summed E-state index contributed by atoms with van der Waals surface area (Å²) in [5, 5.41) is 0. The smallest absolute Gasteiger partial charge is 0.197 e. The van der Waals surface area contributed by atoms with Gasteiger partial charge in [-0.15, -0.1) is 0 Å². The third-order valence-corrected chi connectivity index (χ3v) is 4.37. The highest BCUT2D eigenvalue weighted by atomic mass is 16.7. The van der Waals surface area contributed by atoms with Gasteiger partial charge in [-0.3, -0.25) is 0 Å². The van der Waals surface area contributed by atoms with Gasteiger partial charge in [-0.1, -0.05) is 49.6 Å². The molecule has 6 nitrogen and oxygen atoms in total. The monoisotopic (exact) mass is 442 g/mol. The Morgan fingerprint density at radius 1 is 0.594 bits per heavy atom. The molecule has 0 saturated heterocycles. The third kappa shape index (κ3) is 10.6. The van der Waals surface area contributed by atoms with Gasteiger partial charge in [0.15, 0.2) is 12.6 Å². The van der Waals surface area contributed by atoms with Crippen LogP contribution in [0.15, 0.2) is 61.7 Å². The normalized spacial score (nSPS) is 12.7. The molecule has 2 atom stereocenters. The van der Waals surface area contributed by atoms with Crippen LogP contribution in [0.1, 0.15) is 25.0 Å². The summed E-state index contributed by atoms with van der Waals surface area (Å²) in [4.78, 5) is 0. The summed E-state index contributed by atoms with van der Waals surface area (Å²) in [7, 11) is 0. The molecule has 174 valence electrons. The summed E-state index contributed by atoms with van der Waals surface area (Å²) in [5.41, 5.74) is 2.09. The zero-order valence-electron chi connectivity index (χ0n) is 19.0. The molecule has 6 heteroatoms. The molecule has 0 N–H and O–H groups in total. The maximum atomic E-state index is 5.69. The van der Waals surface area contributed by atoms with Crippen molar-refractivity contribution < 1.29 is 28.4 Å². The van der Waals surface area contributed by atoms with Crippen molar-refractivity contribution in [2.75, 3.05) is 39.6 Å². The molecule has 0 aromatic heterocycles. The lowest BCUT2D eigenvalue weighted by Gasteiger charge is -2.16. The van der Waals surface area contributed by atoms with Crippen molar-refractivity contribution in [3.63, 3.8) is 0 Å². The Bertz CT molecular complexity index is 704. The summed E-state index contributed by atoms with van der Waals surface area (Å²) in [6, 6.07) is 15.3. The molecule has 0 bridgehead atoms. The van der Waals surface area contributed by atoms with Gasteiger partial charge in [0, 0.05) is 0 Å². The molecule has 2 aromatic carbocycles. The number of ether oxygens (including phenoxy) is 6. The topological polar surface area (TPSA) is 55.4 Å². The first-order valence-corrected chi connectivity index (χ1v) is 10.8. The summed E-state index contributed by atoms with van der Waals surface area (Å²) < 4.78 is 33.6. The van der Waals surface area contributed by atoms with Crippen LogP contribution in [-0.2, 0) is 18.9 Å². The van der Waals surface area contributed by atoms with Gasteiger partial charge in [0.05, 0.1) is 39.6 Å². The second kappa shape index (κ2) is 15.2. The average molecular weight is 443 g/mol. The highest BCUT2D eigenvalue weighted by Gasteiger charge is 2.05. The molecule has 0 heterocycles. The fourth-order valence-corrected chi connectivity index (χ4v) is 2.68. The van der Waals surface area contributed by atoms with E-state index in [1.807, 2.05) is 62.4 Å². The van der Waals surface area contributed by atoms with E-state index in [4.69, 9.17) is 28.4 Å². The van der Waals surface area contributed by atoms with E-state index in [-0.39, 0.29) is 12.6 Å². The molecule has 2 unspecified atom stereocenters. The molecule has 0 aliphatic rings. The first-order valence-electron chi connectivity index (χ1n) is 10.8. The number of benzene rings is 2. The van der Waals surface area contributed by atoms with Gasteiger partial charge < -0.3 is 28.4 Å². The van der Waals surface area contributed by atoms with E-state index in [9.17, 15) is 0 Å². The maximum absolute atomic E-state index is 5.69. The van der Waals surface area contributed by atoms with Gasteiger partial charge in [0.1, 0.15) is 11.5 Å². The zero-order valence-corrected chi connectivity index (χ0v) is 19.0. The molecule has 0 radical (unpaired) electrons. The van der Waals surface area contributed by atoms with Crippen molar-refractivity contribution in [3.05, 3.63) is 72.8 Å². The molecule has 0 saturated carbocycles. The van der Waals surface area contributed by atoms with Crippen LogP contribution in [0.25, 0.3) is 12.2 Å². The predicted molar refractivity (Wildman–Crippen MR) is 127 cm³/mol. The van der Waals surface area contributed by atoms with Crippen LogP contribution in [0.4, 0.5) is 0 Å². The fourth-order valence-electron chi connectivity index (χ4n) is 2.68. The van der Waals surface area contributed by atoms with Gasteiger partial charge in [0.25, 0.3) is 0 Å². The first kappa shape index (κ1) is 25.6. The molecule has 0 spiro atoms. The van der Waals surface area contributed by atoms with Crippen LogP contribution in [0, 0.1) is 0 Å². The Kier molecular flexibility index (Phi) is 12.2. The van der Waals surface area contributed by atoms with Crippen LogP contribution in [-0.4, -0.2) is 52.2 Å². The largest absolute Gasteiger partial charge is 0.465 e. The van der Waals surface area contributed by atoms with E-state index in [2.05, 4.69) is 13.2 Å². The standard InChI is InChI=1S/C26H34O6/c1-5-23-7-11-25(12-8-23)31-21(3)29-19-17-27-15-16-28-18-20-30-22(4)32-26-13-9-24(6-2)10-14-26/h5-14,21-22H,1-2,15-20H2,3-4H3. The van der Waals surface area contributed by atoms with Gasteiger partial charge in [0.2, 0.25) is 0 Å². The van der Waals surface area contributed by atoms with E-state index in [1.54, 1.807) is 12.2 Å². The summed E-state index contributed by atoms with van der Waals surface area (Å²) in [6.45, 7) is 14.0. The molecule has 2 aromatic rings. The molecular weight excluding hydrogens is 408 g/mol. The lowest BCUT2D eigenvalue weighted by molar-refractivity contribution is -0.0943. The molecule has 0 aliphatic heterocycles. The third-order valence-electron chi connectivity index (χ3n) is 4.37. The highest BCUT2D eigenvalue weighted by molar-refractivity contribution is 5.48.